The van der Waals surface area contributed by atoms with Crippen LogP contribution in [0.3, 0.4) is 0 Å². The van der Waals surface area contributed by atoms with Gasteiger partial charge in [-0.25, -0.2) is 0 Å². The number of likely N-dealkylation sites (N-methyl/N-ethyl adjacent to an activating group) is 1. The van der Waals surface area contributed by atoms with E-state index in [1.54, 1.807) is 6.20 Å². The zero-order valence-electron chi connectivity index (χ0n) is 17.5. The lowest BCUT2D eigenvalue weighted by Crippen LogP contribution is -2.31. The summed E-state index contributed by atoms with van der Waals surface area (Å²) in [5.41, 5.74) is 2.78. The Morgan fingerprint density at radius 3 is 2.80 bits per heavy atom. The van der Waals surface area contributed by atoms with Gasteiger partial charge in [-0.15, -0.1) is 0 Å². The number of nitrogens with zero attached hydrogens (tertiary/aromatic N) is 2. The first kappa shape index (κ1) is 20.2. The van der Waals surface area contributed by atoms with Gasteiger partial charge in [0, 0.05) is 48.8 Å². The minimum atomic E-state index is -0.0621. The van der Waals surface area contributed by atoms with Crippen molar-refractivity contribution in [2.45, 2.75) is 18.8 Å². The van der Waals surface area contributed by atoms with E-state index in [2.05, 4.69) is 16.4 Å². The molecule has 1 N–H and O–H groups in total. The molecule has 1 aliphatic carbocycles. The number of hydrogen-bond acceptors (Lipinski definition) is 4. The average molecular weight is 402 g/mol. The van der Waals surface area contributed by atoms with E-state index in [1.807, 2.05) is 67.7 Å². The topological polar surface area (TPSA) is 62.3 Å². The molecule has 0 bridgehead atoms. The van der Waals surface area contributed by atoms with Crippen LogP contribution in [0.5, 0.6) is 0 Å². The Bertz CT molecular complexity index is 1080. The Morgan fingerprint density at radius 1 is 1.10 bits per heavy atom. The number of Topliss-reactive ketones (excluding diaryl/α,β-unsaturated/α-hetero) is 1. The van der Waals surface area contributed by atoms with Crippen LogP contribution in [0.25, 0.3) is 10.8 Å². The minimum Gasteiger partial charge on any atom is -0.351 e. The van der Waals surface area contributed by atoms with Crippen LogP contribution >= 0.6 is 0 Å². The predicted octanol–water partition coefficient (Wildman–Crippen LogP) is 3.44. The van der Waals surface area contributed by atoms with Crippen LogP contribution in [-0.2, 0) is 11.2 Å². The summed E-state index contributed by atoms with van der Waals surface area (Å²) in [6, 6.07) is 15.8. The summed E-state index contributed by atoms with van der Waals surface area (Å²) in [5, 5.41) is 5.14. The fraction of sp³-hybridized carbons (Fsp3) is 0.320. The fourth-order valence-corrected chi connectivity index (χ4v) is 3.90. The number of ketones is 1. The van der Waals surface area contributed by atoms with Gasteiger partial charge in [0.15, 0.2) is 0 Å². The van der Waals surface area contributed by atoms with Gasteiger partial charge in [-0.3, -0.25) is 14.6 Å². The van der Waals surface area contributed by atoms with Gasteiger partial charge in [0.25, 0.3) is 5.91 Å². The Kier molecular flexibility index (Phi) is 5.91. The standard InChI is InChI=1S/C25H27N3O2/c1-28(2)11-10-27-25(30)20-5-3-4-19(14-20)22-15-23(22)24(29)13-17-6-7-21-16-26-9-8-18(21)12-17/h3-9,12,14,16,22-23H,10-11,13,15H2,1-2H3,(H,27,30)/t22-,23+/m0/s1. The molecule has 0 aliphatic heterocycles. The minimum absolute atomic E-state index is 0.0465. The summed E-state index contributed by atoms with van der Waals surface area (Å²) < 4.78 is 0. The van der Waals surface area contributed by atoms with Gasteiger partial charge < -0.3 is 10.2 Å². The summed E-state index contributed by atoms with van der Waals surface area (Å²) in [6.45, 7) is 1.42. The van der Waals surface area contributed by atoms with Crippen LogP contribution in [0.4, 0.5) is 0 Å². The number of nitrogens with one attached hydrogen (secondary N) is 1. The zero-order chi connectivity index (χ0) is 21.1. The molecular formula is C25H27N3O2. The molecule has 1 saturated carbocycles. The highest BCUT2D eigenvalue weighted by Gasteiger charge is 2.43. The highest BCUT2D eigenvalue weighted by atomic mass is 16.1. The van der Waals surface area contributed by atoms with E-state index < -0.39 is 0 Å². The molecule has 0 radical (unpaired) electrons. The lowest BCUT2D eigenvalue weighted by atomic mass is 10.00. The first-order chi connectivity index (χ1) is 14.5. The maximum absolute atomic E-state index is 12.8. The second kappa shape index (κ2) is 8.76. The smallest absolute Gasteiger partial charge is 0.251 e. The van der Waals surface area contributed by atoms with Crippen molar-refractivity contribution in [1.29, 1.82) is 0 Å². The quantitative estimate of drug-likeness (QED) is 0.628. The van der Waals surface area contributed by atoms with Crippen LogP contribution in [0.1, 0.15) is 33.8 Å². The maximum atomic E-state index is 12.8. The molecule has 154 valence electrons. The number of aromatic nitrogens is 1. The normalized spacial score (nSPS) is 17.8. The molecule has 0 unspecified atom stereocenters. The van der Waals surface area contributed by atoms with Crippen molar-refractivity contribution in [3.8, 4) is 0 Å². The summed E-state index contributed by atoms with van der Waals surface area (Å²) >= 11 is 0. The van der Waals surface area contributed by atoms with E-state index in [-0.39, 0.29) is 23.5 Å². The lowest BCUT2D eigenvalue weighted by Gasteiger charge is -2.11. The van der Waals surface area contributed by atoms with Crippen molar-refractivity contribution in [1.82, 2.24) is 15.2 Å². The van der Waals surface area contributed by atoms with Crippen molar-refractivity contribution >= 4 is 22.5 Å². The van der Waals surface area contributed by atoms with Gasteiger partial charge >= 0.3 is 0 Å². The largest absolute Gasteiger partial charge is 0.351 e. The first-order valence-electron chi connectivity index (χ1n) is 10.4. The lowest BCUT2D eigenvalue weighted by molar-refractivity contribution is -0.119. The molecule has 2 aromatic carbocycles. The number of carbonyl (C=O) groups is 2. The van der Waals surface area contributed by atoms with E-state index in [0.717, 1.165) is 34.9 Å². The van der Waals surface area contributed by atoms with E-state index in [9.17, 15) is 9.59 Å². The second-order valence-electron chi connectivity index (χ2n) is 8.33. The molecule has 1 aliphatic rings. The number of amides is 1. The van der Waals surface area contributed by atoms with Crippen molar-refractivity contribution in [2.24, 2.45) is 5.92 Å². The van der Waals surface area contributed by atoms with Gasteiger partial charge in [0.2, 0.25) is 0 Å². The highest BCUT2D eigenvalue weighted by molar-refractivity contribution is 5.94. The molecule has 0 saturated heterocycles. The first-order valence-corrected chi connectivity index (χ1v) is 10.4. The molecule has 1 fully saturated rings. The van der Waals surface area contributed by atoms with Gasteiger partial charge in [-0.05, 0) is 61.1 Å². The maximum Gasteiger partial charge on any atom is 0.251 e. The summed E-state index contributed by atoms with van der Waals surface area (Å²) in [6.07, 6.45) is 4.92. The molecular weight excluding hydrogens is 374 g/mol. The van der Waals surface area contributed by atoms with E-state index in [4.69, 9.17) is 0 Å². The van der Waals surface area contributed by atoms with Gasteiger partial charge in [0.1, 0.15) is 5.78 Å². The Morgan fingerprint density at radius 2 is 1.97 bits per heavy atom. The Labute approximate surface area is 177 Å². The number of pyridine rings is 1. The van der Waals surface area contributed by atoms with Crippen molar-refractivity contribution in [2.75, 3.05) is 27.2 Å². The molecule has 1 aromatic heterocycles. The molecule has 2 atom stereocenters. The SMILES string of the molecule is CN(C)CCNC(=O)c1cccc([C@@H]2C[C@H]2C(=O)Cc2ccc3cnccc3c2)c1. The third-order valence-corrected chi connectivity index (χ3v) is 5.71. The molecule has 30 heavy (non-hydrogen) atoms. The third-order valence-electron chi connectivity index (χ3n) is 5.71. The van der Waals surface area contributed by atoms with Crippen LogP contribution in [0.2, 0.25) is 0 Å². The van der Waals surface area contributed by atoms with Gasteiger partial charge in [-0.2, -0.15) is 0 Å². The van der Waals surface area contributed by atoms with E-state index in [0.29, 0.717) is 18.5 Å². The summed E-state index contributed by atoms with van der Waals surface area (Å²) in [4.78, 5) is 31.4. The molecule has 4 rings (SSSR count). The molecule has 5 nitrogen and oxygen atoms in total. The number of carbonyl (C=O) groups excluding carboxylic acids is 2. The molecule has 1 heterocycles. The van der Waals surface area contributed by atoms with Crippen LogP contribution in [-0.4, -0.2) is 48.8 Å². The zero-order valence-corrected chi connectivity index (χ0v) is 17.5. The summed E-state index contributed by atoms with van der Waals surface area (Å²) in [5.74, 6) is 0.476. The molecule has 1 amide bonds. The molecule has 3 aromatic rings. The Hall–Kier alpha value is -3.05. The van der Waals surface area contributed by atoms with Crippen molar-refractivity contribution < 1.29 is 9.59 Å². The second-order valence-corrected chi connectivity index (χ2v) is 8.33. The number of benzene rings is 2. The van der Waals surface area contributed by atoms with E-state index in [1.165, 1.54) is 0 Å². The number of hydrogen-bond donors (Lipinski definition) is 1. The van der Waals surface area contributed by atoms with Gasteiger partial charge in [0.05, 0.1) is 0 Å². The fourth-order valence-electron chi connectivity index (χ4n) is 3.90. The molecule has 0 spiro atoms. The number of fused-ring (bicyclic) bond motifs is 1. The highest BCUT2D eigenvalue weighted by Crippen LogP contribution is 2.48. The molecule has 5 heteroatoms. The van der Waals surface area contributed by atoms with Crippen molar-refractivity contribution in [3.63, 3.8) is 0 Å². The average Bonchev–Trinajstić information content (AvgIpc) is 3.55. The summed E-state index contributed by atoms with van der Waals surface area (Å²) in [7, 11) is 3.96. The van der Waals surface area contributed by atoms with Gasteiger partial charge in [-0.1, -0.05) is 30.3 Å². The monoisotopic (exact) mass is 401 g/mol. The van der Waals surface area contributed by atoms with Crippen molar-refractivity contribution in [3.05, 3.63) is 77.6 Å². The van der Waals surface area contributed by atoms with Crippen LogP contribution < -0.4 is 5.32 Å². The van der Waals surface area contributed by atoms with Crippen LogP contribution in [0, 0.1) is 5.92 Å². The van der Waals surface area contributed by atoms with Crippen LogP contribution in [0.15, 0.2) is 60.9 Å². The van der Waals surface area contributed by atoms with E-state index >= 15 is 0 Å². The Balaban J connectivity index is 1.37. The predicted molar refractivity (Wildman–Crippen MR) is 119 cm³/mol. The number of rotatable bonds is 8. The third kappa shape index (κ3) is 4.74.